The Morgan fingerprint density at radius 1 is 1.19 bits per heavy atom. The molecule has 2 amide bonds. The van der Waals surface area contributed by atoms with Gasteiger partial charge in [-0.15, -0.1) is 13.2 Å². The zero-order valence-corrected chi connectivity index (χ0v) is 14.8. The van der Waals surface area contributed by atoms with Crippen LogP contribution in [0.25, 0.3) is 0 Å². The summed E-state index contributed by atoms with van der Waals surface area (Å²) in [6.07, 6.45) is -1.38. The molecule has 1 N–H and O–H groups in total. The molecule has 3 aliphatic rings. The lowest BCUT2D eigenvalue weighted by Crippen LogP contribution is -2.45. The molecule has 1 aromatic carbocycles. The van der Waals surface area contributed by atoms with E-state index < -0.39 is 6.36 Å². The average Bonchev–Trinajstić information content (AvgIpc) is 2.88. The second-order valence-corrected chi connectivity index (χ2v) is 7.00. The van der Waals surface area contributed by atoms with E-state index in [0.29, 0.717) is 24.2 Å². The van der Waals surface area contributed by atoms with Crippen molar-refractivity contribution < 1.29 is 22.7 Å². The second-order valence-electron chi connectivity index (χ2n) is 7.00. The molecule has 2 bridgehead atoms. The molecule has 5 nitrogen and oxygen atoms in total. The fourth-order valence-electron chi connectivity index (χ4n) is 3.85. The fraction of sp³-hybridized carbons (Fsp3) is 0.611. The minimum Gasteiger partial charge on any atom is -0.406 e. The third-order valence-electron chi connectivity index (χ3n) is 4.96. The van der Waals surface area contributed by atoms with Crippen LogP contribution >= 0.6 is 0 Å². The van der Waals surface area contributed by atoms with E-state index in [9.17, 15) is 18.0 Å². The van der Waals surface area contributed by atoms with Crippen LogP contribution in [0.15, 0.2) is 24.3 Å². The van der Waals surface area contributed by atoms with Crippen molar-refractivity contribution in [3.05, 3.63) is 24.3 Å². The minimum absolute atomic E-state index is 0.204. The number of ether oxygens (including phenoxy) is 1. The summed E-state index contributed by atoms with van der Waals surface area (Å²) in [5.74, 6) is 0.173. The lowest BCUT2D eigenvalue weighted by Gasteiger charge is -2.35. The summed E-state index contributed by atoms with van der Waals surface area (Å²) < 4.78 is 40.4. The number of urea groups is 1. The van der Waals surface area contributed by atoms with Crippen LogP contribution in [0.3, 0.4) is 0 Å². The van der Waals surface area contributed by atoms with Gasteiger partial charge in [-0.25, -0.2) is 4.79 Å². The van der Waals surface area contributed by atoms with Crippen molar-refractivity contribution in [2.24, 2.45) is 5.92 Å². The Kier molecular flexibility index (Phi) is 5.60. The summed E-state index contributed by atoms with van der Waals surface area (Å²) in [5, 5.41) is 2.78. The van der Waals surface area contributed by atoms with Gasteiger partial charge in [0, 0.05) is 31.4 Å². The molecule has 0 aliphatic carbocycles. The summed E-state index contributed by atoms with van der Waals surface area (Å²) in [4.78, 5) is 16.9. The van der Waals surface area contributed by atoms with Crippen molar-refractivity contribution in [1.82, 2.24) is 9.80 Å². The predicted octanol–water partition coefficient (Wildman–Crippen LogP) is 3.92. The Morgan fingerprint density at radius 2 is 1.92 bits per heavy atom. The van der Waals surface area contributed by atoms with Crippen molar-refractivity contribution in [1.29, 1.82) is 0 Å². The Labute approximate surface area is 151 Å². The average molecular weight is 371 g/mol. The number of anilines is 1. The van der Waals surface area contributed by atoms with Crippen LogP contribution in [0, 0.1) is 5.92 Å². The predicted molar refractivity (Wildman–Crippen MR) is 92.1 cm³/mol. The van der Waals surface area contributed by atoms with Gasteiger partial charge in [-0.3, -0.25) is 4.90 Å². The van der Waals surface area contributed by atoms with Crippen LogP contribution in [-0.4, -0.2) is 54.4 Å². The number of carbonyl (C=O) groups excluding carboxylic acids is 1. The molecular formula is C18H24F3N3O2. The number of rotatable bonds is 4. The van der Waals surface area contributed by atoms with Crippen LogP contribution < -0.4 is 10.1 Å². The second kappa shape index (κ2) is 7.73. The first-order valence-corrected chi connectivity index (χ1v) is 9.00. The highest BCUT2D eigenvalue weighted by molar-refractivity contribution is 5.89. The van der Waals surface area contributed by atoms with Gasteiger partial charge in [0.15, 0.2) is 0 Å². The first-order valence-electron chi connectivity index (χ1n) is 9.00. The molecule has 3 fully saturated rings. The van der Waals surface area contributed by atoms with Crippen molar-refractivity contribution in [3.63, 3.8) is 0 Å². The van der Waals surface area contributed by atoms with E-state index in [0.717, 1.165) is 38.9 Å². The molecule has 4 rings (SSSR count). The quantitative estimate of drug-likeness (QED) is 0.872. The van der Waals surface area contributed by atoms with Gasteiger partial charge >= 0.3 is 12.4 Å². The van der Waals surface area contributed by atoms with E-state index in [2.05, 4.69) is 21.9 Å². The van der Waals surface area contributed by atoms with E-state index in [1.807, 2.05) is 4.90 Å². The topological polar surface area (TPSA) is 44.8 Å². The maximum Gasteiger partial charge on any atom is 0.573 e. The molecule has 1 aromatic rings. The van der Waals surface area contributed by atoms with Gasteiger partial charge in [0.05, 0.1) is 0 Å². The fourth-order valence-corrected chi connectivity index (χ4v) is 3.85. The van der Waals surface area contributed by atoms with E-state index in [1.165, 1.54) is 24.3 Å². The Morgan fingerprint density at radius 3 is 2.58 bits per heavy atom. The number of fused-ring (bicyclic) bond motifs is 4. The number of piperidine rings is 1. The van der Waals surface area contributed by atoms with Crippen molar-refractivity contribution in [2.45, 2.75) is 38.6 Å². The standard InChI is InChI=1S/C18H24F3N3O2/c1-2-9-23-10-13-3-6-15(23)12-24(11-13)17(25)22-14-4-7-16(8-5-14)26-18(19,20)21/h4-5,7-8,13,15H,2-3,6,9-12H2,1H3,(H,22,25)/t13-,15-/m1/s1. The first-order chi connectivity index (χ1) is 12.3. The monoisotopic (exact) mass is 371 g/mol. The maximum absolute atomic E-state index is 12.6. The molecule has 3 saturated heterocycles. The molecule has 0 spiro atoms. The van der Waals surface area contributed by atoms with Crippen LogP contribution in [0.1, 0.15) is 26.2 Å². The van der Waals surface area contributed by atoms with Gasteiger partial charge in [-0.1, -0.05) is 6.92 Å². The van der Waals surface area contributed by atoms with Crippen LogP contribution in [0.4, 0.5) is 23.7 Å². The molecule has 2 atom stereocenters. The summed E-state index contributed by atoms with van der Waals surface area (Å²) in [6.45, 7) is 5.66. The number of carbonyl (C=O) groups is 1. The van der Waals surface area contributed by atoms with Gasteiger partial charge < -0.3 is 15.0 Å². The van der Waals surface area contributed by atoms with Gasteiger partial charge in [0.2, 0.25) is 0 Å². The SMILES string of the molecule is CCCN1C[C@H]2CC[C@@H]1CN(C(=O)Nc1ccc(OC(F)(F)F)cc1)C2. The normalized spacial score (nSPS) is 23.6. The minimum atomic E-state index is -4.72. The highest BCUT2D eigenvalue weighted by Crippen LogP contribution is 2.29. The summed E-state index contributed by atoms with van der Waals surface area (Å²) in [5.41, 5.74) is 0.450. The molecule has 144 valence electrons. The van der Waals surface area contributed by atoms with E-state index >= 15 is 0 Å². The third kappa shape index (κ3) is 4.81. The van der Waals surface area contributed by atoms with E-state index in [-0.39, 0.29) is 11.8 Å². The lowest BCUT2D eigenvalue weighted by atomic mass is 9.95. The molecule has 26 heavy (non-hydrogen) atoms. The summed E-state index contributed by atoms with van der Waals surface area (Å²) in [7, 11) is 0. The number of nitrogens with one attached hydrogen (secondary N) is 1. The van der Waals surface area contributed by atoms with E-state index in [1.54, 1.807) is 0 Å². The smallest absolute Gasteiger partial charge is 0.406 e. The van der Waals surface area contributed by atoms with Gasteiger partial charge in [-0.05, 0) is 56.0 Å². The molecule has 8 heteroatoms. The van der Waals surface area contributed by atoms with Crippen LogP contribution in [0.5, 0.6) is 5.75 Å². The molecule has 0 unspecified atom stereocenters. The van der Waals surface area contributed by atoms with Gasteiger partial charge in [0.25, 0.3) is 0 Å². The number of nitrogens with zero attached hydrogens (tertiary/aromatic N) is 2. The largest absolute Gasteiger partial charge is 0.573 e. The van der Waals surface area contributed by atoms with Crippen LogP contribution in [-0.2, 0) is 0 Å². The van der Waals surface area contributed by atoms with Crippen molar-refractivity contribution in [3.8, 4) is 5.75 Å². The number of hydrogen-bond acceptors (Lipinski definition) is 3. The molecule has 3 aliphatic heterocycles. The zero-order valence-electron chi connectivity index (χ0n) is 14.8. The van der Waals surface area contributed by atoms with Crippen LogP contribution in [0.2, 0.25) is 0 Å². The molecule has 0 radical (unpaired) electrons. The number of hydrogen-bond donors (Lipinski definition) is 1. The highest BCUT2D eigenvalue weighted by Gasteiger charge is 2.36. The van der Waals surface area contributed by atoms with Crippen molar-refractivity contribution >= 4 is 11.7 Å². The number of amides is 2. The Hall–Kier alpha value is -1.96. The summed E-state index contributed by atoms with van der Waals surface area (Å²) in [6, 6.07) is 5.40. The third-order valence-corrected chi connectivity index (χ3v) is 4.96. The molecular weight excluding hydrogens is 347 g/mol. The number of benzene rings is 1. The zero-order chi connectivity index (χ0) is 18.7. The Bertz CT molecular complexity index is 621. The summed E-state index contributed by atoms with van der Waals surface area (Å²) >= 11 is 0. The Balaban J connectivity index is 1.60. The highest BCUT2D eigenvalue weighted by atomic mass is 19.4. The first kappa shape index (κ1) is 18.8. The van der Waals surface area contributed by atoms with Crippen molar-refractivity contribution in [2.75, 3.05) is 31.5 Å². The lowest BCUT2D eigenvalue weighted by molar-refractivity contribution is -0.274. The number of alkyl halides is 3. The molecule has 3 heterocycles. The maximum atomic E-state index is 12.6. The van der Waals surface area contributed by atoms with Gasteiger partial charge in [0.1, 0.15) is 5.75 Å². The number of halogens is 3. The van der Waals surface area contributed by atoms with Gasteiger partial charge in [-0.2, -0.15) is 0 Å². The van der Waals surface area contributed by atoms with E-state index in [4.69, 9.17) is 0 Å². The molecule has 0 saturated carbocycles. The molecule has 0 aromatic heterocycles.